The minimum absolute atomic E-state index is 0.0830. The molecule has 0 radical (unpaired) electrons. The number of methoxy groups -OCH3 is 1. The number of nitrogens with zero attached hydrogens (tertiary/aromatic N) is 2. The highest BCUT2D eigenvalue weighted by atomic mass is 32.2. The lowest BCUT2D eigenvalue weighted by Crippen LogP contribution is -2.29. The Bertz CT molecular complexity index is 879. The highest BCUT2D eigenvalue weighted by Gasteiger charge is 2.31. The number of pyridine rings is 1. The highest BCUT2D eigenvalue weighted by Crippen LogP contribution is 2.33. The fourth-order valence-corrected chi connectivity index (χ4v) is 4.12. The molecule has 0 unspecified atom stereocenters. The van der Waals surface area contributed by atoms with Gasteiger partial charge in [-0.05, 0) is 36.2 Å². The predicted molar refractivity (Wildman–Crippen MR) is 82.4 cm³/mol. The summed E-state index contributed by atoms with van der Waals surface area (Å²) in [6.07, 6.45) is 3.75. The summed E-state index contributed by atoms with van der Waals surface area (Å²) < 4.78 is 31.9. The van der Waals surface area contributed by atoms with Crippen molar-refractivity contribution in [2.75, 3.05) is 18.0 Å². The fourth-order valence-electron chi connectivity index (χ4n) is 2.59. The number of sulfonamides is 1. The Balaban J connectivity index is 2.08. The van der Waals surface area contributed by atoms with Gasteiger partial charge in [-0.25, -0.2) is 13.2 Å². The lowest BCUT2D eigenvalue weighted by Gasteiger charge is -2.20. The number of aromatic nitrogens is 1. The van der Waals surface area contributed by atoms with Crippen LogP contribution < -0.4 is 9.04 Å². The zero-order chi connectivity index (χ0) is 16.6. The monoisotopic (exact) mass is 334 g/mol. The fraction of sp³-hybridized carbons (Fsp3) is 0.200. The number of carboxylic acids is 1. The van der Waals surface area contributed by atoms with Gasteiger partial charge in [0, 0.05) is 18.9 Å². The van der Waals surface area contributed by atoms with Crippen LogP contribution in [0.5, 0.6) is 5.75 Å². The number of anilines is 1. The second-order valence-corrected chi connectivity index (χ2v) is 6.86. The number of ether oxygens (including phenoxy) is 1. The second-order valence-electron chi connectivity index (χ2n) is 5.00. The summed E-state index contributed by atoms with van der Waals surface area (Å²) in [4.78, 5) is 15.2. The minimum Gasteiger partial charge on any atom is -0.496 e. The van der Waals surface area contributed by atoms with Crippen molar-refractivity contribution in [3.63, 3.8) is 0 Å². The maximum absolute atomic E-state index is 12.8. The number of hydrogen-bond acceptors (Lipinski definition) is 5. The summed E-state index contributed by atoms with van der Waals surface area (Å²) >= 11 is 0. The third kappa shape index (κ3) is 2.50. The predicted octanol–water partition coefficient (Wildman–Crippen LogP) is 1.54. The van der Waals surface area contributed by atoms with E-state index in [1.54, 1.807) is 12.3 Å². The SMILES string of the molecule is COc1ccc(S(=O)(=O)N2CCc3cnccc32)cc1C(=O)O. The Morgan fingerprint density at radius 1 is 1.35 bits per heavy atom. The van der Waals surface area contributed by atoms with Crippen LogP contribution in [0, 0.1) is 0 Å². The molecule has 2 heterocycles. The first kappa shape index (κ1) is 15.3. The van der Waals surface area contributed by atoms with Crippen molar-refractivity contribution in [2.45, 2.75) is 11.3 Å². The van der Waals surface area contributed by atoms with Gasteiger partial charge in [-0.2, -0.15) is 0 Å². The average Bonchev–Trinajstić information content (AvgIpc) is 2.98. The average molecular weight is 334 g/mol. The van der Waals surface area contributed by atoms with E-state index in [2.05, 4.69) is 4.98 Å². The van der Waals surface area contributed by atoms with Crippen molar-refractivity contribution < 1.29 is 23.1 Å². The van der Waals surface area contributed by atoms with Crippen molar-refractivity contribution in [2.24, 2.45) is 0 Å². The summed E-state index contributed by atoms with van der Waals surface area (Å²) in [6.45, 7) is 0.303. The highest BCUT2D eigenvalue weighted by molar-refractivity contribution is 7.92. The Morgan fingerprint density at radius 2 is 2.13 bits per heavy atom. The molecule has 1 N–H and O–H groups in total. The van der Waals surface area contributed by atoms with E-state index in [1.807, 2.05) is 0 Å². The van der Waals surface area contributed by atoms with E-state index in [4.69, 9.17) is 4.74 Å². The number of fused-ring (bicyclic) bond motifs is 1. The smallest absolute Gasteiger partial charge is 0.339 e. The minimum atomic E-state index is -3.85. The van der Waals surface area contributed by atoms with E-state index >= 15 is 0 Å². The Kier molecular flexibility index (Phi) is 3.69. The van der Waals surface area contributed by atoms with E-state index in [1.165, 1.54) is 29.7 Å². The zero-order valence-corrected chi connectivity index (χ0v) is 13.1. The van der Waals surface area contributed by atoms with E-state index in [0.29, 0.717) is 18.7 Å². The van der Waals surface area contributed by atoms with E-state index in [0.717, 1.165) is 11.6 Å². The summed E-state index contributed by atoms with van der Waals surface area (Å²) in [5, 5.41) is 9.21. The molecular weight excluding hydrogens is 320 g/mol. The summed E-state index contributed by atoms with van der Waals surface area (Å²) in [5.41, 5.74) is 1.23. The van der Waals surface area contributed by atoms with Crippen LogP contribution in [0.25, 0.3) is 0 Å². The molecular formula is C15H14N2O5S. The molecule has 0 saturated carbocycles. The molecule has 0 amide bonds. The number of carboxylic acid groups (broad SMARTS) is 1. The third-order valence-corrected chi connectivity index (χ3v) is 5.53. The Labute approximate surface area is 133 Å². The molecule has 0 spiro atoms. The topological polar surface area (TPSA) is 96.8 Å². The molecule has 23 heavy (non-hydrogen) atoms. The van der Waals surface area contributed by atoms with Gasteiger partial charge in [0.1, 0.15) is 11.3 Å². The lowest BCUT2D eigenvalue weighted by molar-refractivity contribution is 0.0693. The van der Waals surface area contributed by atoms with Crippen molar-refractivity contribution in [1.29, 1.82) is 0 Å². The van der Waals surface area contributed by atoms with Gasteiger partial charge >= 0.3 is 5.97 Å². The van der Waals surface area contributed by atoms with Gasteiger partial charge in [-0.1, -0.05) is 0 Å². The number of rotatable bonds is 4. The number of aromatic carboxylic acids is 1. The van der Waals surface area contributed by atoms with Gasteiger partial charge in [0.2, 0.25) is 0 Å². The van der Waals surface area contributed by atoms with E-state index < -0.39 is 16.0 Å². The molecule has 0 bridgehead atoms. The van der Waals surface area contributed by atoms with Gasteiger partial charge in [0.05, 0.1) is 17.7 Å². The molecule has 1 aromatic heterocycles. The molecule has 0 saturated heterocycles. The van der Waals surface area contributed by atoms with Gasteiger partial charge < -0.3 is 9.84 Å². The molecule has 3 rings (SSSR count). The Morgan fingerprint density at radius 3 is 2.83 bits per heavy atom. The lowest BCUT2D eigenvalue weighted by atomic mass is 10.2. The van der Waals surface area contributed by atoms with Crippen LogP contribution in [0.3, 0.4) is 0 Å². The van der Waals surface area contributed by atoms with Gasteiger partial charge in [0.15, 0.2) is 0 Å². The van der Waals surface area contributed by atoms with Crippen LogP contribution in [0.1, 0.15) is 15.9 Å². The number of carbonyl (C=O) groups is 1. The molecule has 1 aliphatic rings. The van der Waals surface area contributed by atoms with Crippen LogP contribution in [0.4, 0.5) is 5.69 Å². The molecule has 8 heteroatoms. The van der Waals surface area contributed by atoms with Crippen molar-refractivity contribution >= 4 is 21.7 Å². The van der Waals surface area contributed by atoms with Crippen LogP contribution >= 0.6 is 0 Å². The second kappa shape index (κ2) is 5.54. The van der Waals surface area contributed by atoms with E-state index in [-0.39, 0.29) is 16.2 Å². The van der Waals surface area contributed by atoms with E-state index in [9.17, 15) is 18.3 Å². The van der Waals surface area contributed by atoms with Gasteiger partial charge in [-0.3, -0.25) is 9.29 Å². The van der Waals surface area contributed by atoms with Crippen LogP contribution in [-0.4, -0.2) is 38.1 Å². The van der Waals surface area contributed by atoms with Gasteiger partial charge in [-0.15, -0.1) is 0 Å². The van der Waals surface area contributed by atoms with Gasteiger partial charge in [0.25, 0.3) is 10.0 Å². The first-order valence-corrected chi connectivity index (χ1v) is 8.26. The third-order valence-electron chi connectivity index (χ3n) is 3.72. The summed E-state index contributed by atoms with van der Waals surface area (Å²) in [5.74, 6) is -1.13. The van der Waals surface area contributed by atoms with Crippen molar-refractivity contribution in [3.05, 3.63) is 47.8 Å². The van der Waals surface area contributed by atoms with Crippen LogP contribution in [-0.2, 0) is 16.4 Å². The standard InChI is InChI=1S/C15H14N2O5S/c1-22-14-3-2-11(8-12(14)15(18)19)23(20,21)17-7-5-10-9-16-6-4-13(10)17/h2-4,6,8-9H,5,7H2,1H3,(H,18,19). The molecule has 0 fully saturated rings. The number of benzene rings is 1. The zero-order valence-electron chi connectivity index (χ0n) is 12.3. The van der Waals surface area contributed by atoms with Crippen LogP contribution in [0.15, 0.2) is 41.6 Å². The normalized spacial score (nSPS) is 13.7. The largest absolute Gasteiger partial charge is 0.496 e. The molecule has 120 valence electrons. The maximum Gasteiger partial charge on any atom is 0.339 e. The molecule has 1 aromatic carbocycles. The summed E-state index contributed by atoms with van der Waals surface area (Å²) in [7, 11) is -2.51. The maximum atomic E-state index is 12.8. The van der Waals surface area contributed by atoms with Crippen LogP contribution in [0.2, 0.25) is 0 Å². The molecule has 2 aromatic rings. The molecule has 1 aliphatic heterocycles. The van der Waals surface area contributed by atoms with Crippen molar-refractivity contribution in [3.8, 4) is 5.75 Å². The Hall–Kier alpha value is -2.61. The number of hydrogen-bond donors (Lipinski definition) is 1. The first-order chi connectivity index (χ1) is 10.9. The molecule has 7 nitrogen and oxygen atoms in total. The van der Waals surface area contributed by atoms with Crippen molar-refractivity contribution in [1.82, 2.24) is 4.98 Å². The first-order valence-electron chi connectivity index (χ1n) is 6.82. The molecule has 0 aliphatic carbocycles. The summed E-state index contributed by atoms with van der Waals surface area (Å²) in [6, 6.07) is 5.46. The quantitative estimate of drug-likeness (QED) is 0.911. The molecule has 0 atom stereocenters.